The van der Waals surface area contributed by atoms with E-state index in [0.717, 1.165) is 17.2 Å². The number of nitrogens with one attached hydrogen (secondary N) is 2. The number of hydrogen-bond donors (Lipinski definition) is 2. The highest BCUT2D eigenvalue weighted by atomic mass is 127. The third kappa shape index (κ3) is 5.53. The number of aryl methyl sites for hydroxylation is 1. The zero-order chi connectivity index (χ0) is 16.8. The van der Waals surface area contributed by atoms with Crippen LogP contribution in [0.25, 0.3) is 0 Å². The van der Waals surface area contributed by atoms with E-state index in [4.69, 9.17) is 23.2 Å². The van der Waals surface area contributed by atoms with Gasteiger partial charge in [-0.2, -0.15) is 5.10 Å². The first-order valence-corrected chi connectivity index (χ1v) is 8.13. The van der Waals surface area contributed by atoms with Crippen LogP contribution in [0.15, 0.2) is 35.5 Å². The summed E-state index contributed by atoms with van der Waals surface area (Å²) in [7, 11) is 3.65. The maximum Gasteiger partial charge on any atom is 0.191 e. The molecule has 0 saturated carbocycles. The Balaban J connectivity index is 0.00000288. The summed E-state index contributed by atoms with van der Waals surface area (Å²) in [6.07, 6.45) is 1.77. The molecule has 5 nitrogen and oxygen atoms in total. The molecular formula is C16H22Cl2IN5. The Bertz CT molecular complexity index is 667. The van der Waals surface area contributed by atoms with Gasteiger partial charge < -0.3 is 10.6 Å². The molecule has 2 aromatic rings. The molecule has 1 aromatic heterocycles. The Morgan fingerprint density at radius 3 is 2.46 bits per heavy atom. The molecule has 2 rings (SSSR count). The molecule has 0 spiro atoms. The summed E-state index contributed by atoms with van der Waals surface area (Å²) in [4.78, 5) is 4.23. The predicted molar refractivity (Wildman–Crippen MR) is 112 cm³/mol. The van der Waals surface area contributed by atoms with Crippen LogP contribution in [-0.2, 0) is 13.6 Å². The van der Waals surface area contributed by atoms with Crippen LogP contribution in [0.5, 0.6) is 0 Å². The summed E-state index contributed by atoms with van der Waals surface area (Å²) in [5.41, 5.74) is 2.03. The lowest BCUT2D eigenvalue weighted by molar-refractivity contribution is 0.669. The third-order valence-electron chi connectivity index (χ3n) is 3.65. The van der Waals surface area contributed by atoms with E-state index in [1.165, 1.54) is 0 Å². The highest BCUT2D eigenvalue weighted by Crippen LogP contribution is 2.30. The number of halogens is 3. The molecule has 1 heterocycles. The number of nitrogens with zero attached hydrogens (tertiary/aromatic N) is 3. The molecule has 0 saturated heterocycles. The van der Waals surface area contributed by atoms with Crippen LogP contribution in [0.1, 0.15) is 24.1 Å². The number of benzene rings is 1. The van der Waals surface area contributed by atoms with Gasteiger partial charge in [0.2, 0.25) is 0 Å². The number of rotatable bonds is 5. The summed E-state index contributed by atoms with van der Waals surface area (Å²) < 4.78 is 1.83. The summed E-state index contributed by atoms with van der Waals surface area (Å²) in [5.74, 6) is 0.882. The molecule has 0 radical (unpaired) electrons. The average molecular weight is 482 g/mol. The lowest BCUT2D eigenvalue weighted by atomic mass is 10.0. The minimum atomic E-state index is 0. The van der Waals surface area contributed by atoms with E-state index in [-0.39, 0.29) is 29.9 Å². The van der Waals surface area contributed by atoms with Gasteiger partial charge in [0, 0.05) is 42.8 Å². The second kappa shape index (κ2) is 10.1. The molecule has 2 N–H and O–H groups in total. The van der Waals surface area contributed by atoms with Crippen molar-refractivity contribution in [2.24, 2.45) is 12.0 Å². The maximum atomic E-state index is 6.25. The standard InChI is InChI=1S/C16H21Cl2N5.HI/c1-11(15-13(17)5-4-6-14(15)18)9-20-16(19-2)21-10-12-7-8-22-23(12)3;/h4-8,11H,9-10H2,1-3H3,(H2,19,20,21);1H. The fourth-order valence-electron chi connectivity index (χ4n) is 2.30. The molecule has 0 aliphatic rings. The molecular weight excluding hydrogens is 460 g/mol. The molecule has 24 heavy (non-hydrogen) atoms. The SMILES string of the molecule is CN=C(NCc1ccnn1C)NCC(C)c1c(Cl)cccc1Cl.I. The first-order valence-electron chi connectivity index (χ1n) is 7.38. The van der Waals surface area contributed by atoms with Gasteiger partial charge in [-0.05, 0) is 23.8 Å². The van der Waals surface area contributed by atoms with E-state index in [1.807, 2.05) is 36.0 Å². The molecule has 132 valence electrons. The first-order chi connectivity index (χ1) is 11.0. The number of hydrogen-bond acceptors (Lipinski definition) is 2. The summed E-state index contributed by atoms with van der Waals surface area (Å²) in [6, 6.07) is 7.53. The lowest BCUT2D eigenvalue weighted by Crippen LogP contribution is -2.39. The van der Waals surface area contributed by atoms with Gasteiger partial charge in [-0.15, -0.1) is 24.0 Å². The zero-order valence-electron chi connectivity index (χ0n) is 13.9. The van der Waals surface area contributed by atoms with Crippen molar-refractivity contribution < 1.29 is 0 Å². The Kier molecular flexibility index (Phi) is 8.86. The van der Waals surface area contributed by atoms with E-state index in [1.54, 1.807) is 13.2 Å². The Labute approximate surface area is 169 Å². The van der Waals surface area contributed by atoms with Crippen LogP contribution < -0.4 is 10.6 Å². The molecule has 0 aliphatic heterocycles. The van der Waals surface area contributed by atoms with Gasteiger partial charge in [-0.1, -0.05) is 36.2 Å². The predicted octanol–water partition coefficient (Wildman–Crippen LogP) is 3.81. The number of aliphatic imine (C=N–C) groups is 1. The van der Waals surface area contributed by atoms with Crippen molar-refractivity contribution in [3.05, 3.63) is 51.8 Å². The second-order valence-electron chi connectivity index (χ2n) is 5.29. The van der Waals surface area contributed by atoms with Gasteiger partial charge in [-0.25, -0.2) is 0 Å². The van der Waals surface area contributed by atoms with E-state index in [2.05, 4.69) is 27.6 Å². The van der Waals surface area contributed by atoms with Crippen LogP contribution >= 0.6 is 47.2 Å². The molecule has 8 heteroatoms. The van der Waals surface area contributed by atoms with Gasteiger partial charge >= 0.3 is 0 Å². The quantitative estimate of drug-likeness (QED) is 0.388. The normalized spacial score (nSPS) is 12.5. The van der Waals surface area contributed by atoms with Gasteiger partial charge in [-0.3, -0.25) is 9.67 Å². The minimum Gasteiger partial charge on any atom is -0.356 e. The van der Waals surface area contributed by atoms with Crippen molar-refractivity contribution in [1.82, 2.24) is 20.4 Å². The van der Waals surface area contributed by atoms with Gasteiger partial charge in [0.1, 0.15) is 0 Å². The van der Waals surface area contributed by atoms with E-state index in [0.29, 0.717) is 23.1 Å². The van der Waals surface area contributed by atoms with Crippen molar-refractivity contribution in [3.8, 4) is 0 Å². The van der Waals surface area contributed by atoms with E-state index in [9.17, 15) is 0 Å². The summed E-state index contributed by atoms with van der Waals surface area (Å²) in [5, 5.41) is 12.1. The fourth-order valence-corrected chi connectivity index (χ4v) is 3.07. The van der Waals surface area contributed by atoms with Crippen LogP contribution in [-0.4, -0.2) is 29.3 Å². The Hall–Kier alpha value is -0.990. The lowest BCUT2D eigenvalue weighted by Gasteiger charge is -2.18. The van der Waals surface area contributed by atoms with Crippen LogP contribution in [0.3, 0.4) is 0 Å². The third-order valence-corrected chi connectivity index (χ3v) is 4.31. The van der Waals surface area contributed by atoms with Crippen molar-refractivity contribution >= 4 is 53.1 Å². The molecule has 0 amide bonds. The first kappa shape index (κ1) is 21.1. The summed E-state index contributed by atoms with van der Waals surface area (Å²) >= 11 is 12.5. The highest BCUT2D eigenvalue weighted by molar-refractivity contribution is 14.0. The molecule has 1 aromatic carbocycles. The Morgan fingerprint density at radius 2 is 1.92 bits per heavy atom. The molecule has 1 unspecified atom stereocenters. The minimum absolute atomic E-state index is 0. The maximum absolute atomic E-state index is 6.25. The summed E-state index contributed by atoms with van der Waals surface area (Å²) in [6.45, 7) is 3.40. The van der Waals surface area contributed by atoms with Crippen molar-refractivity contribution in [2.75, 3.05) is 13.6 Å². The average Bonchev–Trinajstić information content (AvgIpc) is 2.92. The van der Waals surface area contributed by atoms with Gasteiger partial charge in [0.15, 0.2) is 5.96 Å². The Morgan fingerprint density at radius 1 is 1.25 bits per heavy atom. The second-order valence-corrected chi connectivity index (χ2v) is 6.10. The number of aromatic nitrogens is 2. The monoisotopic (exact) mass is 481 g/mol. The van der Waals surface area contributed by atoms with Crippen molar-refractivity contribution in [2.45, 2.75) is 19.4 Å². The van der Waals surface area contributed by atoms with Crippen LogP contribution in [0.4, 0.5) is 0 Å². The smallest absolute Gasteiger partial charge is 0.191 e. The van der Waals surface area contributed by atoms with Crippen LogP contribution in [0.2, 0.25) is 10.0 Å². The molecule has 0 fully saturated rings. The van der Waals surface area contributed by atoms with Gasteiger partial charge in [0.05, 0.1) is 12.2 Å². The molecule has 1 atom stereocenters. The fraction of sp³-hybridized carbons (Fsp3) is 0.375. The topological polar surface area (TPSA) is 54.2 Å². The van der Waals surface area contributed by atoms with Gasteiger partial charge in [0.25, 0.3) is 0 Å². The van der Waals surface area contributed by atoms with E-state index >= 15 is 0 Å². The molecule has 0 bridgehead atoms. The zero-order valence-corrected chi connectivity index (χ0v) is 17.7. The largest absolute Gasteiger partial charge is 0.356 e. The number of guanidine groups is 1. The van der Waals surface area contributed by atoms with Crippen LogP contribution in [0, 0.1) is 0 Å². The molecule has 0 aliphatic carbocycles. The van der Waals surface area contributed by atoms with E-state index < -0.39 is 0 Å². The van der Waals surface area contributed by atoms with Crippen molar-refractivity contribution in [3.63, 3.8) is 0 Å². The highest BCUT2D eigenvalue weighted by Gasteiger charge is 2.14. The van der Waals surface area contributed by atoms with Crippen molar-refractivity contribution in [1.29, 1.82) is 0 Å².